The van der Waals surface area contributed by atoms with E-state index in [1.807, 2.05) is 5.32 Å². The third kappa shape index (κ3) is 2.32. The molecule has 0 bridgehead atoms. The fraction of sp³-hybridized carbons (Fsp3) is 0.133. The average Bonchev–Trinajstić information content (AvgIpc) is 3.02. The summed E-state index contributed by atoms with van der Waals surface area (Å²) in [5, 5.41) is 9.10. The Labute approximate surface area is 131 Å². The second-order valence-electron chi connectivity index (χ2n) is 4.40. The van der Waals surface area contributed by atoms with Crippen LogP contribution in [0.5, 0.6) is 5.75 Å². The molecule has 0 saturated heterocycles. The molecule has 0 fully saturated rings. The van der Waals surface area contributed by atoms with E-state index >= 15 is 0 Å². The third-order valence-corrected chi connectivity index (χ3v) is 3.15. The largest absolute Gasteiger partial charge is 0.492 e. The van der Waals surface area contributed by atoms with Crippen molar-refractivity contribution in [3.05, 3.63) is 48.4 Å². The number of ether oxygens (including phenoxy) is 1. The van der Waals surface area contributed by atoms with E-state index in [4.69, 9.17) is 8.85 Å². The summed E-state index contributed by atoms with van der Waals surface area (Å²) in [6.07, 6.45) is 4.86. The van der Waals surface area contributed by atoms with Gasteiger partial charge in [-0.2, -0.15) is 5.10 Å². The van der Waals surface area contributed by atoms with Crippen molar-refractivity contribution in [1.29, 1.82) is 0 Å². The number of amides is 1. The predicted molar refractivity (Wildman–Crippen MR) is 82.7 cm³/mol. The van der Waals surface area contributed by atoms with Crippen molar-refractivity contribution in [3.8, 4) is 5.75 Å². The summed E-state index contributed by atoms with van der Waals surface area (Å²) in [5.41, 5.74) is 1.41. The van der Waals surface area contributed by atoms with E-state index < -0.39 is 12.9 Å². The second kappa shape index (κ2) is 5.72. The van der Waals surface area contributed by atoms with E-state index in [1.165, 1.54) is 19.4 Å². The molecule has 3 rings (SSSR count). The smallest absolute Gasteiger partial charge is 0.254 e. The number of nitrogens with zero attached hydrogens (tertiary/aromatic N) is 3. The van der Waals surface area contributed by atoms with Crippen molar-refractivity contribution < 1.29 is 13.6 Å². The number of methoxy groups -OCH3 is 1. The van der Waals surface area contributed by atoms with Gasteiger partial charge in [-0.05, 0) is 24.3 Å². The zero-order valence-electron chi connectivity index (χ0n) is 14.7. The van der Waals surface area contributed by atoms with E-state index in [-0.39, 0.29) is 11.4 Å². The Hall–Kier alpha value is -3.09. The molecule has 0 aliphatic carbocycles. The van der Waals surface area contributed by atoms with Crippen LogP contribution in [-0.4, -0.2) is 34.6 Å². The van der Waals surface area contributed by atoms with Gasteiger partial charge in [-0.3, -0.25) is 4.79 Å². The zero-order chi connectivity index (χ0) is 18.0. The molecule has 0 saturated carbocycles. The van der Waals surface area contributed by atoms with Gasteiger partial charge in [0.15, 0.2) is 5.75 Å². The summed E-state index contributed by atoms with van der Waals surface area (Å²) in [6.45, 7) is -2.58. The first-order chi connectivity index (χ1) is 11.9. The number of carbonyl (C=O) groups excluding carboxylic acids is 1. The molecule has 3 aromatic heterocycles. The molecular formula is C15H15N5O2. The van der Waals surface area contributed by atoms with Crippen molar-refractivity contribution in [2.75, 3.05) is 19.4 Å². The highest BCUT2D eigenvalue weighted by Crippen LogP contribution is 2.31. The van der Waals surface area contributed by atoms with E-state index in [0.717, 1.165) is 5.52 Å². The number of pyridine rings is 2. The van der Waals surface area contributed by atoms with Crippen LogP contribution in [0.25, 0.3) is 5.52 Å². The minimum atomic E-state index is -2.58. The van der Waals surface area contributed by atoms with Crippen LogP contribution in [0.2, 0.25) is 0 Å². The van der Waals surface area contributed by atoms with Crippen LogP contribution >= 0.6 is 0 Å². The van der Waals surface area contributed by atoms with Crippen LogP contribution < -0.4 is 15.4 Å². The summed E-state index contributed by atoms with van der Waals surface area (Å²) in [4.78, 5) is 16.3. The quantitative estimate of drug-likeness (QED) is 0.768. The van der Waals surface area contributed by atoms with E-state index in [2.05, 4.69) is 15.4 Å². The number of nitrogens with one attached hydrogen (secondary N) is 2. The lowest BCUT2D eigenvalue weighted by Crippen LogP contribution is -2.19. The number of hydrogen-bond donors (Lipinski definition) is 2. The predicted octanol–water partition coefficient (Wildman–Crippen LogP) is 1.84. The fourth-order valence-corrected chi connectivity index (χ4v) is 2.17. The number of hydrogen-bond acceptors (Lipinski definition) is 5. The molecule has 2 N–H and O–H groups in total. The molecular weight excluding hydrogens is 282 g/mol. The van der Waals surface area contributed by atoms with Gasteiger partial charge >= 0.3 is 0 Å². The summed E-state index contributed by atoms with van der Waals surface area (Å²) < 4.78 is 28.6. The number of rotatable bonds is 4. The van der Waals surface area contributed by atoms with Gasteiger partial charge in [-0.1, -0.05) is 0 Å². The van der Waals surface area contributed by atoms with Gasteiger partial charge in [0.25, 0.3) is 5.91 Å². The SMILES string of the molecule is [2H]C([2H])([2H])NC(=O)c1cccnc1Nc1ccn2nccc2c1OC. The molecule has 1 amide bonds. The molecule has 0 unspecified atom stereocenters. The molecule has 0 aliphatic heterocycles. The molecule has 0 aromatic carbocycles. The third-order valence-electron chi connectivity index (χ3n) is 3.15. The van der Waals surface area contributed by atoms with Crippen LogP contribution in [0.15, 0.2) is 42.9 Å². The zero-order valence-corrected chi connectivity index (χ0v) is 11.7. The minimum absolute atomic E-state index is 0.106. The Morgan fingerprint density at radius 1 is 1.36 bits per heavy atom. The Balaban J connectivity index is 1.98. The van der Waals surface area contributed by atoms with Crippen LogP contribution in [-0.2, 0) is 0 Å². The molecule has 0 atom stereocenters. The summed E-state index contributed by atoms with van der Waals surface area (Å²) in [6, 6.07) is 6.54. The lowest BCUT2D eigenvalue weighted by Gasteiger charge is -2.13. The summed E-state index contributed by atoms with van der Waals surface area (Å²) in [7, 11) is 1.52. The number of anilines is 2. The number of carbonyl (C=O) groups is 1. The van der Waals surface area contributed by atoms with Gasteiger partial charge in [0, 0.05) is 23.5 Å². The van der Waals surface area contributed by atoms with Gasteiger partial charge in [-0.15, -0.1) is 0 Å². The molecule has 0 spiro atoms. The molecule has 3 aromatic rings. The van der Waals surface area contributed by atoms with Crippen LogP contribution in [0, 0.1) is 0 Å². The lowest BCUT2D eigenvalue weighted by molar-refractivity contribution is 0.0963. The first kappa shape index (κ1) is 10.6. The Morgan fingerprint density at radius 2 is 2.27 bits per heavy atom. The van der Waals surface area contributed by atoms with Gasteiger partial charge < -0.3 is 15.4 Å². The first-order valence-electron chi connectivity index (χ1n) is 7.94. The molecule has 7 heteroatoms. The summed E-state index contributed by atoms with van der Waals surface area (Å²) in [5.74, 6) is -0.0146. The van der Waals surface area contributed by atoms with Crippen molar-refractivity contribution >= 4 is 22.9 Å². The Kier molecular flexibility index (Phi) is 2.76. The normalized spacial score (nSPS) is 13.0. The molecule has 3 heterocycles. The molecule has 112 valence electrons. The van der Waals surface area contributed by atoms with Gasteiger partial charge in [0.1, 0.15) is 11.3 Å². The maximum atomic E-state index is 12.2. The van der Waals surface area contributed by atoms with Crippen LogP contribution in [0.3, 0.4) is 0 Å². The average molecular weight is 300 g/mol. The van der Waals surface area contributed by atoms with Crippen molar-refractivity contribution in [2.45, 2.75) is 0 Å². The first-order valence-corrected chi connectivity index (χ1v) is 6.44. The van der Waals surface area contributed by atoms with E-state index in [1.54, 1.807) is 35.1 Å². The van der Waals surface area contributed by atoms with Gasteiger partial charge in [0.05, 0.1) is 24.6 Å². The standard InChI is InChI=1S/C15H15N5O2/c1-16-15(21)10-4-3-7-17-14(10)19-11-6-9-20-12(5-8-18-20)13(11)22-2/h3-9H,1-2H3,(H,16,21)(H,17,19)/i1D3. The second-order valence-corrected chi connectivity index (χ2v) is 4.40. The number of fused-ring (bicyclic) bond motifs is 1. The van der Waals surface area contributed by atoms with E-state index in [9.17, 15) is 4.79 Å². The minimum Gasteiger partial charge on any atom is -0.492 e. The van der Waals surface area contributed by atoms with Gasteiger partial charge in [-0.25, -0.2) is 9.50 Å². The molecule has 0 radical (unpaired) electrons. The maximum absolute atomic E-state index is 12.2. The highest BCUT2D eigenvalue weighted by Gasteiger charge is 2.14. The maximum Gasteiger partial charge on any atom is 0.254 e. The summed E-state index contributed by atoms with van der Waals surface area (Å²) >= 11 is 0. The van der Waals surface area contributed by atoms with Gasteiger partial charge in [0.2, 0.25) is 0 Å². The van der Waals surface area contributed by atoms with Crippen LogP contribution in [0.1, 0.15) is 14.5 Å². The van der Waals surface area contributed by atoms with E-state index in [0.29, 0.717) is 11.4 Å². The molecule has 7 nitrogen and oxygen atoms in total. The monoisotopic (exact) mass is 300 g/mol. The number of aromatic nitrogens is 3. The molecule has 22 heavy (non-hydrogen) atoms. The van der Waals surface area contributed by atoms with Crippen LogP contribution in [0.4, 0.5) is 11.5 Å². The van der Waals surface area contributed by atoms with Crippen molar-refractivity contribution in [2.24, 2.45) is 0 Å². The Bertz CT molecular complexity index is 923. The Morgan fingerprint density at radius 3 is 3.09 bits per heavy atom. The van der Waals surface area contributed by atoms with Crippen molar-refractivity contribution in [1.82, 2.24) is 19.9 Å². The highest BCUT2D eigenvalue weighted by atomic mass is 16.5. The van der Waals surface area contributed by atoms with Crippen molar-refractivity contribution in [3.63, 3.8) is 0 Å². The lowest BCUT2D eigenvalue weighted by atomic mass is 10.2. The highest BCUT2D eigenvalue weighted by molar-refractivity contribution is 5.99. The fourth-order valence-electron chi connectivity index (χ4n) is 2.17. The topological polar surface area (TPSA) is 80.6 Å². The molecule has 0 aliphatic rings.